The molecular weight excluding hydrogens is 384 g/mol. The minimum atomic E-state index is -0.170. The van der Waals surface area contributed by atoms with E-state index in [1.165, 1.54) is 11.8 Å². The molecule has 0 aliphatic carbocycles. The molecule has 0 unspecified atom stereocenters. The van der Waals surface area contributed by atoms with Crippen LogP contribution in [0.5, 0.6) is 0 Å². The van der Waals surface area contributed by atoms with Gasteiger partial charge in [0.05, 0.1) is 18.5 Å². The highest BCUT2D eigenvalue weighted by atomic mass is 32.2. The summed E-state index contributed by atoms with van der Waals surface area (Å²) in [4.78, 5) is 17.4. The fourth-order valence-electron chi connectivity index (χ4n) is 2.30. The molecule has 4 aromatic heterocycles. The third kappa shape index (κ3) is 4.41. The van der Waals surface area contributed by atoms with Gasteiger partial charge >= 0.3 is 0 Å². The lowest BCUT2D eigenvalue weighted by Gasteiger charge is -2.07. The van der Waals surface area contributed by atoms with E-state index in [-0.39, 0.29) is 11.7 Å². The lowest BCUT2D eigenvalue weighted by molar-refractivity contribution is -0.113. The number of thioether (sulfide) groups is 1. The van der Waals surface area contributed by atoms with Crippen molar-refractivity contribution < 1.29 is 9.21 Å². The van der Waals surface area contributed by atoms with Crippen molar-refractivity contribution in [1.82, 2.24) is 25.0 Å². The molecule has 136 valence electrons. The molecular formula is C17H14N6O2S2. The number of pyridine rings is 1. The molecule has 8 nitrogen and oxygen atoms in total. The highest BCUT2D eigenvalue weighted by molar-refractivity contribution is 7.99. The summed E-state index contributed by atoms with van der Waals surface area (Å²) in [5.74, 6) is 1.03. The molecule has 4 aromatic rings. The maximum Gasteiger partial charge on any atom is 0.277 e. The fourth-order valence-corrected chi connectivity index (χ4v) is 3.55. The van der Waals surface area contributed by atoms with E-state index in [0.29, 0.717) is 23.5 Å². The van der Waals surface area contributed by atoms with Crippen molar-refractivity contribution in [2.75, 3.05) is 11.1 Å². The quantitative estimate of drug-likeness (QED) is 0.477. The van der Waals surface area contributed by atoms with E-state index in [2.05, 4.69) is 25.6 Å². The number of aromatic nitrogens is 5. The summed E-state index contributed by atoms with van der Waals surface area (Å²) in [6.07, 6.45) is 4.97. The van der Waals surface area contributed by atoms with E-state index >= 15 is 0 Å². The summed E-state index contributed by atoms with van der Waals surface area (Å²) in [5, 5.41) is 17.4. The zero-order valence-corrected chi connectivity index (χ0v) is 15.6. The van der Waals surface area contributed by atoms with E-state index in [0.717, 1.165) is 10.4 Å². The molecule has 0 aliphatic rings. The SMILES string of the molecule is O=C(CSc1nnc(-c2ccncc2)o1)Nc1ccnn1Cc1cccs1. The second-order valence-corrected chi connectivity index (χ2v) is 7.36. The van der Waals surface area contributed by atoms with Crippen molar-refractivity contribution in [2.24, 2.45) is 0 Å². The monoisotopic (exact) mass is 398 g/mol. The van der Waals surface area contributed by atoms with Crippen LogP contribution < -0.4 is 5.32 Å². The number of hydrogen-bond acceptors (Lipinski definition) is 8. The zero-order valence-electron chi connectivity index (χ0n) is 14.0. The van der Waals surface area contributed by atoms with Gasteiger partial charge in [-0.3, -0.25) is 9.78 Å². The van der Waals surface area contributed by atoms with Crippen LogP contribution in [0.4, 0.5) is 5.82 Å². The first-order valence-electron chi connectivity index (χ1n) is 7.99. The minimum absolute atomic E-state index is 0.155. The van der Waals surface area contributed by atoms with Crippen LogP contribution in [-0.2, 0) is 11.3 Å². The van der Waals surface area contributed by atoms with Crippen molar-refractivity contribution in [3.63, 3.8) is 0 Å². The molecule has 4 rings (SSSR count). The number of rotatable bonds is 7. The van der Waals surface area contributed by atoms with Gasteiger partial charge in [-0.25, -0.2) is 4.68 Å². The van der Waals surface area contributed by atoms with Gasteiger partial charge in [-0.1, -0.05) is 17.8 Å². The van der Waals surface area contributed by atoms with Crippen LogP contribution in [0.1, 0.15) is 4.88 Å². The van der Waals surface area contributed by atoms with Gasteiger partial charge in [0.15, 0.2) is 0 Å². The molecule has 0 spiro atoms. The van der Waals surface area contributed by atoms with Crippen LogP contribution in [0.3, 0.4) is 0 Å². The predicted octanol–water partition coefficient (Wildman–Crippen LogP) is 3.17. The summed E-state index contributed by atoms with van der Waals surface area (Å²) >= 11 is 2.83. The van der Waals surface area contributed by atoms with Crippen LogP contribution in [0, 0.1) is 0 Å². The van der Waals surface area contributed by atoms with Crippen molar-refractivity contribution in [3.05, 3.63) is 59.2 Å². The van der Waals surface area contributed by atoms with Crippen LogP contribution in [-0.4, -0.2) is 36.6 Å². The number of nitrogens with one attached hydrogen (secondary N) is 1. The molecule has 10 heteroatoms. The fraction of sp³-hybridized carbons (Fsp3) is 0.118. The molecule has 4 heterocycles. The lowest BCUT2D eigenvalue weighted by Crippen LogP contribution is -2.17. The Morgan fingerprint density at radius 1 is 1.19 bits per heavy atom. The maximum absolute atomic E-state index is 12.2. The van der Waals surface area contributed by atoms with Gasteiger partial charge in [0.25, 0.3) is 5.22 Å². The predicted molar refractivity (Wildman–Crippen MR) is 103 cm³/mol. The normalized spacial score (nSPS) is 10.8. The summed E-state index contributed by atoms with van der Waals surface area (Å²) in [6, 6.07) is 9.35. The first-order valence-corrected chi connectivity index (χ1v) is 9.85. The minimum Gasteiger partial charge on any atom is -0.411 e. The van der Waals surface area contributed by atoms with Crippen molar-refractivity contribution in [3.8, 4) is 11.5 Å². The van der Waals surface area contributed by atoms with Gasteiger partial charge in [0.2, 0.25) is 11.8 Å². The Hall–Kier alpha value is -2.98. The summed E-state index contributed by atoms with van der Waals surface area (Å²) in [6.45, 7) is 0.617. The average Bonchev–Trinajstić information content (AvgIpc) is 3.44. The number of carbonyl (C=O) groups is 1. The third-order valence-corrected chi connectivity index (χ3v) is 5.21. The van der Waals surface area contributed by atoms with Gasteiger partial charge < -0.3 is 9.73 Å². The van der Waals surface area contributed by atoms with Crippen LogP contribution >= 0.6 is 23.1 Å². The number of anilines is 1. The Bertz CT molecular complexity index is 1010. The smallest absolute Gasteiger partial charge is 0.277 e. The van der Waals surface area contributed by atoms with E-state index in [1.807, 2.05) is 17.5 Å². The number of carbonyl (C=O) groups excluding carboxylic acids is 1. The second kappa shape index (κ2) is 8.14. The van der Waals surface area contributed by atoms with Crippen LogP contribution in [0.2, 0.25) is 0 Å². The zero-order chi connectivity index (χ0) is 18.5. The highest BCUT2D eigenvalue weighted by Gasteiger charge is 2.13. The van der Waals surface area contributed by atoms with Gasteiger partial charge in [-0.05, 0) is 23.6 Å². The molecule has 0 fully saturated rings. The first kappa shape index (κ1) is 17.4. The topological polar surface area (TPSA) is 98.7 Å². The number of amides is 1. The van der Waals surface area contributed by atoms with Crippen molar-refractivity contribution in [2.45, 2.75) is 11.8 Å². The molecule has 27 heavy (non-hydrogen) atoms. The third-order valence-electron chi connectivity index (χ3n) is 3.53. The summed E-state index contributed by atoms with van der Waals surface area (Å²) in [5.41, 5.74) is 0.784. The summed E-state index contributed by atoms with van der Waals surface area (Å²) < 4.78 is 7.32. The number of nitrogens with zero attached hydrogens (tertiary/aromatic N) is 5. The molecule has 0 radical (unpaired) electrons. The molecule has 0 saturated carbocycles. The van der Waals surface area contributed by atoms with Gasteiger partial charge in [0.1, 0.15) is 5.82 Å². The molecule has 0 bridgehead atoms. The van der Waals surface area contributed by atoms with Crippen molar-refractivity contribution in [1.29, 1.82) is 0 Å². The van der Waals surface area contributed by atoms with E-state index in [1.54, 1.807) is 52.8 Å². The highest BCUT2D eigenvalue weighted by Crippen LogP contribution is 2.22. The molecule has 1 amide bonds. The Kier molecular flexibility index (Phi) is 5.26. The largest absolute Gasteiger partial charge is 0.411 e. The molecule has 0 saturated heterocycles. The maximum atomic E-state index is 12.2. The Morgan fingerprint density at radius 3 is 2.89 bits per heavy atom. The summed E-state index contributed by atoms with van der Waals surface area (Å²) in [7, 11) is 0. The van der Waals surface area contributed by atoms with Crippen LogP contribution in [0.15, 0.2) is 63.9 Å². The van der Waals surface area contributed by atoms with Crippen LogP contribution in [0.25, 0.3) is 11.5 Å². The van der Waals surface area contributed by atoms with Crippen molar-refractivity contribution >= 4 is 34.8 Å². The molecule has 1 N–H and O–H groups in total. The molecule has 0 aliphatic heterocycles. The Morgan fingerprint density at radius 2 is 2.07 bits per heavy atom. The molecule has 0 atom stereocenters. The van der Waals surface area contributed by atoms with E-state index in [9.17, 15) is 4.79 Å². The number of thiophene rings is 1. The number of hydrogen-bond donors (Lipinski definition) is 1. The van der Waals surface area contributed by atoms with Gasteiger partial charge in [-0.15, -0.1) is 21.5 Å². The molecule has 0 aromatic carbocycles. The lowest BCUT2D eigenvalue weighted by atomic mass is 10.3. The second-order valence-electron chi connectivity index (χ2n) is 5.40. The Labute approximate surface area is 162 Å². The van der Waals surface area contributed by atoms with Gasteiger partial charge in [0, 0.05) is 28.9 Å². The first-order chi connectivity index (χ1) is 13.3. The standard InChI is InChI=1S/C17H14N6O2S2/c24-15(20-14-5-8-19-23(14)10-13-2-1-9-26-13)11-27-17-22-21-16(25-17)12-3-6-18-7-4-12/h1-9H,10-11H2,(H,20,24). The van der Waals surface area contributed by atoms with E-state index < -0.39 is 0 Å². The average molecular weight is 398 g/mol. The Balaban J connectivity index is 1.33. The van der Waals surface area contributed by atoms with E-state index in [4.69, 9.17) is 4.42 Å². The van der Waals surface area contributed by atoms with Gasteiger partial charge in [-0.2, -0.15) is 5.10 Å².